The highest BCUT2D eigenvalue weighted by atomic mass is 79.9. The number of methoxy groups -OCH3 is 1. The predicted molar refractivity (Wildman–Crippen MR) is 73.1 cm³/mol. The van der Waals surface area contributed by atoms with E-state index in [-0.39, 0.29) is 0 Å². The van der Waals surface area contributed by atoms with E-state index in [2.05, 4.69) is 31.8 Å². The van der Waals surface area contributed by atoms with Gasteiger partial charge in [0.25, 0.3) is 0 Å². The van der Waals surface area contributed by atoms with Gasteiger partial charge < -0.3 is 10.1 Å². The number of hydrazone groups is 1. The molecule has 86 valence electrons. The molecule has 0 fully saturated rings. The predicted octanol–water partition coefficient (Wildman–Crippen LogP) is 1.89. The van der Waals surface area contributed by atoms with Gasteiger partial charge in [-0.1, -0.05) is 0 Å². The Morgan fingerprint density at radius 2 is 2.31 bits per heavy atom. The minimum Gasteiger partial charge on any atom is -0.496 e. The zero-order valence-corrected chi connectivity index (χ0v) is 11.4. The monoisotopic (exact) mass is 301 g/mol. The van der Waals surface area contributed by atoms with E-state index < -0.39 is 0 Å². The maximum absolute atomic E-state index is 5.12. The maximum atomic E-state index is 5.12. The molecule has 0 aromatic heterocycles. The number of hydrogen-bond acceptors (Lipinski definition) is 3. The topological polar surface area (TPSA) is 45.7 Å². The Kier molecular flexibility index (Phi) is 5.21. The average Bonchev–Trinajstić information content (AvgIpc) is 2.29. The number of nitrogens with zero attached hydrogens (tertiary/aromatic N) is 1. The van der Waals surface area contributed by atoms with E-state index in [1.54, 1.807) is 20.4 Å². The van der Waals surface area contributed by atoms with Crippen molar-refractivity contribution in [1.82, 2.24) is 10.7 Å². The van der Waals surface area contributed by atoms with E-state index >= 15 is 0 Å². The first-order valence-corrected chi connectivity index (χ1v) is 5.72. The molecule has 16 heavy (non-hydrogen) atoms. The summed E-state index contributed by atoms with van der Waals surface area (Å²) in [4.78, 5) is 0. The number of benzene rings is 1. The minimum atomic E-state index is 0.476. The summed E-state index contributed by atoms with van der Waals surface area (Å²) < 4.78 is 6.01. The number of hydrogen-bond donors (Lipinski definition) is 2. The third-order valence-electron chi connectivity index (χ3n) is 1.78. The van der Waals surface area contributed by atoms with Crippen molar-refractivity contribution in [3.8, 4) is 5.75 Å². The van der Waals surface area contributed by atoms with Crippen molar-refractivity contribution in [1.29, 1.82) is 0 Å². The second-order valence-corrected chi connectivity index (χ2v) is 4.11. The molecule has 0 amide bonds. The third-order valence-corrected chi connectivity index (χ3v) is 2.70. The van der Waals surface area contributed by atoms with E-state index in [9.17, 15) is 0 Å². The number of nitrogens with one attached hydrogen (secondary N) is 2. The molecule has 0 spiro atoms. The molecule has 0 atom stereocenters. The lowest BCUT2D eigenvalue weighted by Gasteiger charge is -2.03. The number of rotatable bonds is 3. The largest absolute Gasteiger partial charge is 0.496 e. The van der Waals surface area contributed by atoms with Gasteiger partial charge in [-0.05, 0) is 51.9 Å². The number of thiocarbonyl (C=S) groups is 1. The lowest BCUT2D eigenvalue weighted by molar-refractivity contribution is 0.412. The summed E-state index contributed by atoms with van der Waals surface area (Å²) in [5, 5.41) is 7.20. The Morgan fingerprint density at radius 1 is 1.56 bits per heavy atom. The lowest BCUT2D eigenvalue weighted by Crippen LogP contribution is -2.28. The fraction of sp³-hybridized carbons (Fsp3) is 0.200. The van der Waals surface area contributed by atoms with Gasteiger partial charge in [0.2, 0.25) is 0 Å². The first kappa shape index (κ1) is 12.9. The van der Waals surface area contributed by atoms with E-state index in [4.69, 9.17) is 17.0 Å². The zero-order chi connectivity index (χ0) is 12.0. The van der Waals surface area contributed by atoms with Crippen LogP contribution in [0.2, 0.25) is 0 Å². The molecule has 0 radical (unpaired) electrons. The van der Waals surface area contributed by atoms with Crippen LogP contribution in [-0.2, 0) is 0 Å². The summed E-state index contributed by atoms with van der Waals surface area (Å²) in [6.45, 7) is 0. The first-order valence-electron chi connectivity index (χ1n) is 4.51. The van der Waals surface area contributed by atoms with Crippen LogP contribution in [0.5, 0.6) is 5.75 Å². The van der Waals surface area contributed by atoms with Crippen LogP contribution in [0.25, 0.3) is 0 Å². The van der Waals surface area contributed by atoms with Crippen LogP contribution < -0.4 is 15.5 Å². The summed E-state index contributed by atoms with van der Waals surface area (Å²) in [5.41, 5.74) is 3.62. The third kappa shape index (κ3) is 3.79. The molecule has 0 aliphatic heterocycles. The van der Waals surface area contributed by atoms with Crippen molar-refractivity contribution in [2.75, 3.05) is 14.2 Å². The summed E-state index contributed by atoms with van der Waals surface area (Å²) in [6.07, 6.45) is 1.67. The van der Waals surface area contributed by atoms with Gasteiger partial charge >= 0.3 is 0 Å². The molecule has 0 saturated heterocycles. The number of ether oxygens (including phenoxy) is 1. The molecule has 0 aliphatic carbocycles. The Balaban J connectivity index is 2.68. The molecule has 0 heterocycles. The van der Waals surface area contributed by atoms with Crippen LogP contribution in [0.1, 0.15) is 5.56 Å². The molecular formula is C10H12BrN3OS. The Morgan fingerprint density at radius 3 is 2.88 bits per heavy atom. The highest BCUT2D eigenvalue weighted by molar-refractivity contribution is 9.10. The Labute approximate surface area is 108 Å². The molecular weight excluding hydrogens is 290 g/mol. The van der Waals surface area contributed by atoms with E-state index in [0.29, 0.717) is 5.11 Å². The molecule has 0 aliphatic rings. The number of halogens is 1. The molecule has 0 bridgehead atoms. The first-order chi connectivity index (χ1) is 7.67. The highest BCUT2D eigenvalue weighted by Crippen LogP contribution is 2.24. The normalized spacial score (nSPS) is 10.2. The SMILES string of the molecule is CNC(=S)N/N=C\c1ccc(OC)c(Br)c1. The summed E-state index contributed by atoms with van der Waals surface area (Å²) in [7, 11) is 3.36. The molecule has 0 unspecified atom stereocenters. The molecule has 6 heteroatoms. The molecule has 1 rings (SSSR count). The Hall–Kier alpha value is -1.14. The van der Waals surface area contributed by atoms with E-state index in [1.165, 1.54) is 0 Å². The van der Waals surface area contributed by atoms with Crippen molar-refractivity contribution < 1.29 is 4.74 Å². The van der Waals surface area contributed by atoms with E-state index in [0.717, 1.165) is 15.8 Å². The van der Waals surface area contributed by atoms with Gasteiger partial charge in [0.05, 0.1) is 17.8 Å². The fourth-order valence-electron chi connectivity index (χ4n) is 0.984. The summed E-state index contributed by atoms with van der Waals surface area (Å²) >= 11 is 8.27. The van der Waals surface area contributed by atoms with Gasteiger partial charge in [-0.15, -0.1) is 0 Å². The van der Waals surface area contributed by atoms with Crippen LogP contribution in [-0.4, -0.2) is 25.5 Å². The highest BCUT2D eigenvalue weighted by Gasteiger charge is 1.99. The van der Waals surface area contributed by atoms with Gasteiger partial charge in [-0.25, -0.2) is 0 Å². The van der Waals surface area contributed by atoms with Crippen molar-refractivity contribution in [3.63, 3.8) is 0 Å². The second-order valence-electron chi connectivity index (χ2n) is 2.84. The van der Waals surface area contributed by atoms with Gasteiger partial charge in [-0.3, -0.25) is 5.43 Å². The minimum absolute atomic E-state index is 0.476. The second kappa shape index (κ2) is 6.44. The maximum Gasteiger partial charge on any atom is 0.186 e. The molecule has 4 nitrogen and oxygen atoms in total. The van der Waals surface area contributed by atoms with Crippen LogP contribution in [0.15, 0.2) is 27.8 Å². The molecule has 1 aromatic carbocycles. The summed E-state index contributed by atoms with van der Waals surface area (Å²) in [6, 6.07) is 5.67. The fourth-order valence-corrected chi connectivity index (χ4v) is 1.60. The van der Waals surface area contributed by atoms with Gasteiger partial charge in [0.15, 0.2) is 5.11 Å². The smallest absolute Gasteiger partial charge is 0.186 e. The van der Waals surface area contributed by atoms with Crippen molar-refractivity contribution in [2.45, 2.75) is 0 Å². The standard InChI is InChI=1S/C10H12BrN3OS/c1-12-10(16)14-13-6-7-3-4-9(15-2)8(11)5-7/h3-6H,1-2H3,(H2,12,14,16)/b13-6-. The molecule has 0 saturated carbocycles. The van der Waals surface area contributed by atoms with Crippen molar-refractivity contribution in [3.05, 3.63) is 28.2 Å². The van der Waals surface area contributed by atoms with Crippen molar-refractivity contribution in [2.24, 2.45) is 5.10 Å². The summed E-state index contributed by atoms with van der Waals surface area (Å²) in [5.74, 6) is 0.788. The van der Waals surface area contributed by atoms with Crippen LogP contribution in [0, 0.1) is 0 Å². The average molecular weight is 302 g/mol. The van der Waals surface area contributed by atoms with Crippen LogP contribution >= 0.6 is 28.1 Å². The quantitative estimate of drug-likeness (QED) is 0.508. The van der Waals surface area contributed by atoms with E-state index in [1.807, 2.05) is 18.2 Å². The van der Waals surface area contributed by atoms with Gasteiger partial charge in [0, 0.05) is 7.05 Å². The van der Waals surface area contributed by atoms with Crippen LogP contribution in [0.3, 0.4) is 0 Å². The zero-order valence-electron chi connectivity index (χ0n) is 8.95. The van der Waals surface area contributed by atoms with Crippen LogP contribution in [0.4, 0.5) is 0 Å². The van der Waals surface area contributed by atoms with Crippen molar-refractivity contribution >= 4 is 39.5 Å². The molecule has 1 aromatic rings. The Bertz CT molecular complexity index is 409. The molecule has 2 N–H and O–H groups in total. The van der Waals surface area contributed by atoms with Gasteiger partial charge in [0.1, 0.15) is 5.75 Å². The lowest BCUT2D eigenvalue weighted by atomic mass is 10.2. The van der Waals surface area contributed by atoms with Gasteiger partial charge in [-0.2, -0.15) is 5.10 Å².